The van der Waals surface area contributed by atoms with E-state index in [9.17, 15) is 4.79 Å². The zero-order chi connectivity index (χ0) is 22.9. The first kappa shape index (κ1) is 21.4. The Kier molecular flexibility index (Phi) is 5.74. The zero-order valence-corrected chi connectivity index (χ0v) is 19.4. The lowest BCUT2D eigenvalue weighted by Gasteiger charge is -2.29. The van der Waals surface area contributed by atoms with Crippen LogP contribution in [0.4, 0.5) is 11.5 Å². The molecule has 4 aromatic rings. The van der Waals surface area contributed by atoms with Gasteiger partial charge >= 0.3 is 0 Å². The summed E-state index contributed by atoms with van der Waals surface area (Å²) in [6.45, 7) is 6.62. The molecular weight excluding hydrogens is 414 g/mol. The first-order valence-corrected chi connectivity index (χ1v) is 11.9. The molecule has 1 saturated carbocycles. The average Bonchev–Trinajstić information content (AvgIpc) is 3.45. The first-order chi connectivity index (χ1) is 16.0. The van der Waals surface area contributed by atoms with Crippen molar-refractivity contribution in [3.05, 3.63) is 64.8 Å². The molecule has 1 unspecified atom stereocenters. The molecule has 2 N–H and O–H groups in total. The fraction of sp³-hybridized carbons (Fsp3) is 0.440. The SMILES string of the molecule is CC(C)C(c1ccc(Nc2nn([C@H]3CCCC[C@@H]3C)c3cc[nH]c(=O)c23)cc1)n1nccn1. The van der Waals surface area contributed by atoms with Crippen LogP contribution in [-0.4, -0.2) is 29.8 Å². The van der Waals surface area contributed by atoms with Crippen molar-refractivity contribution in [2.24, 2.45) is 11.8 Å². The van der Waals surface area contributed by atoms with Gasteiger partial charge in [0, 0.05) is 11.9 Å². The number of H-pyrrole nitrogens is 1. The largest absolute Gasteiger partial charge is 0.338 e. The third-order valence-corrected chi connectivity index (χ3v) is 6.84. The number of hydrogen-bond acceptors (Lipinski definition) is 5. The van der Waals surface area contributed by atoms with Crippen LogP contribution in [0.15, 0.2) is 53.7 Å². The second-order valence-electron chi connectivity index (χ2n) is 9.47. The summed E-state index contributed by atoms with van der Waals surface area (Å²) in [7, 11) is 0. The number of pyridine rings is 1. The Bertz CT molecular complexity index is 1270. The minimum absolute atomic E-state index is 0.0599. The molecule has 3 atom stereocenters. The third kappa shape index (κ3) is 4.05. The van der Waals surface area contributed by atoms with Crippen molar-refractivity contribution in [2.45, 2.75) is 58.5 Å². The molecule has 8 heteroatoms. The predicted molar refractivity (Wildman–Crippen MR) is 130 cm³/mol. The topological polar surface area (TPSA) is 93.4 Å². The maximum Gasteiger partial charge on any atom is 0.261 e. The Morgan fingerprint density at radius 2 is 1.79 bits per heavy atom. The molecule has 5 rings (SSSR count). The Morgan fingerprint density at radius 1 is 1.06 bits per heavy atom. The second-order valence-corrected chi connectivity index (χ2v) is 9.47. The highest BCUT2D eigenvalue weighted by atomic mass is 16.1. The first-order valence-electron chi connectivity index (χ1n) is 11.9. The van der Waals surface area contributed by atoms with Crippen molar-refractivity contribution in [2.75, 3.05) is 5.32 Å². The molecule has 1 fully saturated rings. The molecule has 1 aliphatic carbocycles. The van der Waals surface area contributed by atoms with Crippen LogP contribution < -0.4 is 10.9 Å². The highest BCUT2D eigenvalue weighted by Crippen LogP contribution is 2.36. The maximum atomic E-state index is 12.8. The van der Waals surface area contributed by atoms with E-state index in [1.165, 1.54) is 19.3 Å². The number of fused-ring (bicyclic) bond motifs is 1. The molecule has 3 aromatic heterocycles. The number of anilines is 2. The van der Waals surface area contributed by atoms with Crippen molar-refractivity contribution >= 4 is 22.4 Å². The minimum atomic E-state index is -0.119. The van der Waals surface area contributed by atoms with Gasteiger partial charge in [0.2, 0.25) is 0 Å². The Morgan fingerprint density at radius 3 is 2.48 bits per heavy atom. The number of benzene rings is 1. The predicted octanol–water partition coefficient (Wildman–Crippen LogP) is 5.06. The summed E-state index contributed by atoms with van der Waals surface area (Å²) < 4.78 is 2.07. The Hall–Kier alpha value is -3.42. The summed E-state index contributed by atoms with van der Waals surface area (Å²) >= 11 is 0. The van der Waals surface area contributed by atoms with Gasteiger partial charge in [0.05, 0.1) is 30.0 Å². The fourth-order valence-corrected chi connectivity index (χ4v) is 5.15. The summed E-state index contributed by atoms with van der Waals surface area (Å²) in [5.41, 5.74) is 2.80. The van der Waals surface area contributed by atoms with Gasteiger partial charge in [0.1, 0.15) is 5.39 Å². The molecule has 0 radical (unpaired) electrons. The zero-order valence-electron chi connectivity index (χ0n) is 19.4. The summed E-state index contributed by atoms with van der Waals surface area (Å²) in [5, 5.41) is 17.6. The highest BCUT2D eigenvalue weighted by Gasteiger charge is 2.27. The number of hydrogen-bond donors (Lipinski definition) is 2. The molecule has 0 aliphatic heterocycles. The molecule has 1 aromatic carbocycles. The minimum Gasteiger partial charge on any atom is -0.338 e. The average molecular weight is 446 g/mol. The quantitative estimate of drug-likeness (QED) is 0.433. The van der Waals surface area contributed by atoms with E-state index in [0.29, 0.717) is 29.1 Å². The molecule has 1 aliphatic rings. The van der Waals surface area contributed by atoms with E-state index in [1.54, 1.807) is 23.4 Å². The van der Waals surface area contributed by atoms with Crippen molar-refractivity contribution in [3.63, 3.8) is 0 Å². The molecule has 0 spiro atoms. The number of nitrogens with zero attached hydrogens (tertiary/aromatic N) is 5. The van der Waals surface area contributed by atoms with Crippen LogP contribution in [0.1, 0.15) is 64.1 Å². The van der Waals surface area contributed by atoms with Gasteiger partial charge in [-0.25, -0.2) is 0 Å². The van der Waals surface area contributed by atoms with Crippen LogP contribution in [0.2, 0.25) is 0 Å². The van der Waals surface area contributed by atoms with Crippen LogP contribution in [0, 0.1) is 11.8 Å². The van der Waals surface area contributed by atoms with Crippen molar-refractivity contribution < 1.29 is 0 Å². The van der Waals surface area contributed by atoms with Crippen molar-refractivity contribution in [1.29, 1.82) is 0 Å². The molecule has 3 heterocycles. The van der Waals surface area contributed by atoms with E-state index in [4.69, 9.17) is 5.10 Å². The molecule has 8 nitrogen and oxygen atoms in total. The van der Waals surface area contributed by atoms with Crippen molar-refractivity contribution in [3.8, 4) is 0 Å². The summed E-state index contributed by atoms with van der Waals surface area (Å²) in [6.07, 6.45) is 9.88. The van der Waals surface area contributed by atoms with Gasteiger partial charge in [-0.05, 0) is 48.4 Å². The van der Waals surface area contributed by atoms with Crippen LogP contribution in [0.5, 0.6) is 0 Å². The number of nitrogens with one attached hydrogen (secondary N) is 2. The Balaban J connectivity index is 1.48. The lowest BCUT2D eigenvalue weighted by atomic mass is 9.86. The van der Waals surface area contributed by atoms with E-state index < -0.39 is 0 Å². The van der Waals surface area contributed by atoms with Crippen LogP contribution in [-0.2, 0) is 0 Å². The van der Waals surface area contributed by atoms with Gasteiger partial charge in [-0.3, -0.25) is 9.48 Å². The van der Waals surface area contributed by atoms with E-state index in [1.807, 2.05) is 18.2 Å². The third-order valence-electron chi connectivity index (χ3n) is 6.84. The summed E-state index contributed by atoms with van der Waals surface area (Å²) in [4.78, 5) is 17.3. The van der Waals surface area contributed by atoms with Crippen LogP contribution in [0.25, 0.3) is 10.9 Å². The normalized spacial score (nSPS) is 19.8. The van der Waals surface area contributed by atoms with Gasteiger partial charge in [-0.15, -0.1) is 0 Å². The summed E-state index contributed by atoms with van der Waals surface area (Å²) in [6, 6.07) is 10.6. The fourth-order valence-electron chi connectivity index (χ4n) is 5.15. The smallest absolute Gasteiger partial charge is 0.261 e. The molecule has 172 valence electrons. The number of aromatic amines is 1. The second kappa shape index (κ2) is 8.84. The van der Waals surface area contributed by atoms with Gasteiger partial charge in [0.25, 0.3) is 5.56 Å². The Labute approximate surface area is 193 Å². The number of rotatable bonds is 6. The lowest BCUT2D eigenvalue weighted by Crippen LogP contribution is -2.22. The number of aromatic nitrogens is 6. The van der Waals surface area contributed by atoms with E-state index >= 15 is 0 Å². The molecule has 33 heavy (non-hydrogen) atoms. The van der Waals surface area contributed by atoms with Gasteiger partial charge in [-0.1, -0.05) is 45.7 Å². The van der Waals surface area contributed by atoms with Crippen LogP contribution in [0.3, 0.4) is 0 Å². The van der Waals surface area contributed by atoms with E-state index in [0.717, 1.165) is 23.2 Å². The molecule has 0 amide bonds. The standard InChI is InChI=1S/C25H31N7O/c1-16(2)23(32-27-14-15-28-32)18-8-10-19(11-9-18)29-24-22-21(12-13-26-25(22)33)31(30-24)20-7-5-4-6-17(20)3/h8-17,20,23H,4-7H2,1-3H3,(H,26,33)(H,29,30)/t17-,20-,23?/m0/s1. The molecule has 0 saturated heterocycles. The summed E-state index contributed by atoms with van der Waals surface area (Å²) in [5.74, 6) is 1.48. The van der Waals surface area contributed by atoms with Crippen molar-refractivity contribution in [1.82, 2.24) is 29.8 Å². The molecular formula is C25H31N7O. The highest BCUT2D eigenvalue weighted by molar-refractivity contribution is 5.91. The van der Waals surface area contributed by atoms with Gasteiger partial charge < -0.3 is 10.3 Å². The monoisotopic (exact) mass is 445 g/mol. The van der Waals surface area contributed by atoms with E-state index in [-0.39, 0.29) is 11.6 Å². The van der Waals surface area contributed by atoms with Gasteiger partial charge in [0.15, 0.2) is 5.82 Å². The van der Waals surface area contributed by atoms with Gasteiger partial charge in [-0.2, -0.15) is 20.1 Å². The maximum absolute atomic E-state index is 12.8. The lowest BCUT2D eigenvalue weighted by molar-refractivity contribution is 0.246. The van der Waals surface area contributed by atoms with Crippen LogP contribution >= 0.6 is 0 Å². The van der Waals surface area contributed by atoms with E-state index in [2.05, 4.69) is 58.1 Å². The molecule has 0 bridgehead atoms.